The second-order valence-corrected chi connectivity index (χ2v) is 6.36. The minimum atomic E-state index is 0.744. The third-order valence-corrected chi connectivity index (χ3v) is 4.79. The molecular formula is C19H30. The molecule has 1 aliphatic carbocycles. The standard InChI is InChI=1S/C19H30/c1-3-11-17-13-8-6-4-5-7-12-16(2)18-14-9-10-15-19(17)18/h9-10,14-17H,3-8,11-13H2,1-2H3. The molecule has 1 aromatic carbocycles. The Morgan fingerprint density at radius 3 is 2.26 bits per heavy atom. The van der Waals surface area contributed by atoms with Crippen molar-refractivity contribution in [2.24, 2.45) is 0 Å². The van der Waals surface area contributed by atoms with E-state index in [1.165, 1.54) is 57.8 Å². The summed E-state index contributed by atoms with van der Waals surface area (Å²) in [5, 5.41) is 0. The van der Waals surface area contributed by atoms with Crippen LogP contribution in [0.15, 0.2) is 24.3 Å². The Hall–Kier alpha value is -0.780. The van der Waals surface area contributed by atoms with E-state index in [2.05, 4.69) is 38.1 Å². The number of hydrogen-bond acceptors (Lipinski definition) is 0. The molecule has 2 rings (SSSR count). The topological polar surface area (TPSA) is 0 Å². The quantitative estimate of drug-likeness (QED) is 0.574. The maximum atomic E-state index is 2.43. The van der Waals surface area contributed by atoms with E-state index in [-0.39, 0.29) is 0 Å². The molecule has 0 fully saturated rings. The molecule has 0 aromatic heterocycles. The molecular weight excluding hydrogens is 228 g/mol. The van der Waals surface area contributed by atoms with Crippen LogP contribution in [-0.2, 0) is 0 Å². The lowest BCUT2D eigenvalue weighted by Gasteiger charge is -2.23. The molecule has 0 bridgehead atoms. The van der Waals surface area contributed by atoms with E-state index in [9.17, 15) is 0 Å². The Morgan fingerprint density at radius 1 is 0.895 bits per heavy atom. The minimum Gasteiger partial charge on any atom is -0.0654 e. The monoisotopic (exact) mass is 258 g/mol. The van der Waals surface area contributed by atoms with Crippen molar-refractivity contribution < 1.29 is 0 Å². The molecule has 0 heterocycles. The average Bonchev–Trinajstić information content (AvgIpc) is 2.47. The van der Waals surface area contributed by atoms with E-state index in [1.54, 1.807) is 11.1 Å². The maximum Gasteiger partial charge on any atom is -0.0159 e. The Balaban J connectivity index is 2.26. The molecule has 0 heteroatoms. The van der Waals surface area contributed by atoms with Gasteiger partial charge in [0, 0.05) is 0 Å². The summed E-state index contributed by atoms with van der Waals surface area (Å²) in [6.07, 6.45) is 12.6. The molecule has 0 N–H and O–H groups in total. The van der Waals surface area contributed by atoms with Gasteiger partial charge >= 0.3 is 0 Å². The van der Waals surface area contributed by atoms with Gasteiger partial charge in [-0.15, -0.1) is 0 Å². The molecule has 0 spiro atoms. The van der Waals surface area contributed by atoms with Gasteiger partial charge in [-0.1, -0.05) is 76.6 Å². The van der Waals surface area contributed by atoms with E-state index in [0.717, 1.165) is 11.8 Å². The van der Waals surface area contributed by atoms with Crippen molar-refractivity contribution in [3.8, 4) is 0 Å². The molecule has 2 atom stereocenters. The highest BCUT2D eigenvalue weighted by molar-refractivity contribution is 5.33. The lowest BCUT2D eigenvalue weighted by molar-refractivity contribution is 0.516. The highest BCUT2D eigenvalue weighted by Gasteiger charge is 2.18. The Labute approximate surface area is 119 Å². The first kappa shape index (κ1) is 14.6. The first-order valence-corrected chi connectivity index (χ1v) is 8.41. The van der Waals surface area contributed by atoms with Gasteiger partial charge in [0.2, 0.25) is 0 Å². The first-order chi connectivity index (χ1) is 9.33. The van der Waals surface area contributed by atoms with Crippen LogP contribution in [0.1, 0.15) is 94.6 Å². The van der Waals surface area contributed by atoms with Gasteiger partial charge in [-0.3, -0.25) is 0 Å². The molecule has 106 valence electrons. The van der Waals surface area contributed by atoms with Crippen LogP contribution >= 0.6 is 0 Å². The van der Waals surface area contributed by atoms with Crippen LogP contribution in [0.4, 0.5) is 0 Å². The number of rotatable bonds is 2. The Kier molecular flexibility index (Phi) is 5.94. The van der Waals surface area contributed by atoms with Crippen LogP contribution in [0, 0.1) is 0 Å². The van der Waals surface area contributed by atoms with Crippen molar-refractivity contribution in [2.45, 2.75) is 83.5 Å². The maximum absolute atomic E-state index is 2.43. The van der Waals surface area contributed by atoms with Gasteiger partial charge in [0.25, 0.3) is 0 Å². The Morgan fingerprint density at radius 2 is 1.53 bits per heavy atom. The minimum absolute atomic E-state index is 0.744. The lowest BCUT2D eigenvalue weighted by atomic mass is 9.82. The first-order valence-electron chi connectivity index (χ1n) is 8.41. The molecule has 0 amide bonds. The van der Waals surface area contributed by atoms with Gasteiger partial charge in [0.1, 0.15) is 0 Å². The van der Waals surface area contributed by atoms with Gasteiger partial charge < -0.3 is 0 Å². The van der Waals surface area contributed by atoms with Crippen LogP contribution in [-0.4, -0.2) is 0 Å². The number of benzene rings is 1. The van der Waals surface area contributed by atoms with Crippen molar-refractivity contribution in [1.29, 1.82) is 0 Å². The van der Waals surface area contributed by atoms with E-state index >= 15 is 0 Å². The molecule has 0 nitrogen and oxygen atoms in total. The van der Waals surface area contributed by atoms with E-state index in [0.29, 0.717) is 0 Å². The molecule has 2 unspecified atom stereocenters. The normalized spacial score (nSPS) is 25.4. The summed E-state index contributed by atoms with van der Waals surface area (Å²) in [6, 6.07) is 9.27. The fourth-order valence-electron chi connectivity index (χ4n) is 3.66. The van der Waals surface area contributed by atoms with Gasteiger partial charge in [-0.25, -0.2) is 0 Å². The van der Waals surface area contributed by atoms with Crippen molar-refractivity contribution >= 4 is 0 Å². The fourth-order valence-corrected chi connectivity index (χ4v) is 3.66. The zero-order valence-electron chi connectivity index (χ0n) is 12.8. The zero-order chi connectivity index (χ0) is 13.5. The highest BCUT2D eigenvalue weighted by Crippen LogP contribution is 2.35. The second kappa shape index (κ2) is 7.72. The summed E-state index contributed by atoms with van der Waals surface area (Å²) in [4.78, 5) is 0. The molecule has 19 heavy (non-hydrogen) atoms. The van der Waals surface area contributed by atoms with Crippen molar-refractivity contribution in [3.05, 3.63) is 35.4 Å². The molecule has 0 aliphatic heterocycles. The molecule has 0 saturated heterocycles. The van der Waals surface area contributed by atoms with Crippen LogP contribution in [0.3, 0.4) is 0 Å². The molecule has 1 aliphatic rings. The van der Waals surface area contributed by atoms with E-state index in [4.69, 9.17) is 0 Å². The largest absolute Gasteiger partial charge is 0.0654 e. The van der Waals surface area contributed by atoms with Crippen LogP contribution in [0.2, 0.25) is 0 Å². The molecule has 0 radical (unpaired) electrons. The summed E-state index contributed by atoms with van der Waals surface area (Å²) < 4.78 is 0. The van der Waals surface area contributed by atoms with Crippen molar-refractivity contribution in [2.75, 3.05) is 0 Å². The SMILES string of the molecule is CCCC1CCCCCCCC(C)c2ccccc21. The predicted molar refractivity (Wildman–Crippen MR) is 84.8 cm³/mol. The van der Waals surface area contributed by atoms with Gasteiger partial charge in [-0.05, 0) is 42.2 Å². The third kappa shape index (κ3) is 4.09. The predicted octanol–water partition coefficient (Wildman–Crippen LogP) is 6.42. The summed E-state index contributed by atoms with van der Waals surface area (Å²) in [5.74, 6) is 1.55. The molecule has 1 aromatic rings. The third-order valence-electron chi connectivity index (χ3n) is 4.79. The Bertz CT molecular complexity index is 366. The lowest BCUT2D eigenvalue weighted by Crippen LogP contribution is -2.05. The summed E-state index contributed by atoms with van der Waals surface area (Å²) in [6.45, 7) is 4.76. The highest BCUT2D eigenvalue weighted by atomic mass is 14.2. The second-order valence-electron chi connectivity index (χ2n) is 6.36. The summed E-state index contributed by atoms with van der Waals surface area (Å²) in [5.41, 5.74) is 3.31. The number of fused-ring (bicyclic) bond motifs is 1. The average molecular weight is 258 g/mol. The fraction of sp³-hybridized carbons (Fsp3) is 0.684. The molecule has 0 saturated carbocycles. The van der Waals surface area contributed by atoms with Gasteiger partial charge in [-0.2, -0.15) is 0 Å². The zero-order valence-corrected chi connectivity index (χ0v) is 12.8. The van der Waals surface area contributed by atoms with Crippen LogP contribution in [0.5, 0.6) is 0 Å². The number of hydrogen-bond donors (Lipinski definition) is 0. The summed E-state index contributed by atoms with van der Waals surface area (Å²) >= 11 is 0. The van der Waals surface area contributed by atoms with E-state index in [1.807, 2.05) is 0 Å². The van der Waals surface area contributed by atoms with E-state index < -0.39 is 0 Å². The van der Waals surface area contributed by atoms with Crippen LogP contribution < -0.4 is 0 Å². The summed E-state index contributed by atoms with van der Waals surface area (Å²) in [7, 11) is 0. The van der Waals surface area contributed by atoms with Gasteiger partial charge in [0.05, 0.1) is 0 Å². The van der Waals surface area contributed by atoms with Crippen LogP contribution in [0.25, 0.3) is 0 Å². The van der Waals surface area contributed by atoms with Gasteiger partial charge in [0.15, 0.2) is 0 Å². The smallest absolute Gasteiger partial charge is 0.0159 e. The van der Waals surface area contributed by atoms with Crippen molar-refractivity contribution in [3.63, 3.8) is 0 Å². The van der Waals surface area contributed by atoms with Crippen molar-refractivity contribution in [1.82, 2.24) is 0 Å².